The number of carbonyl (C=O) groups excluding carboxylic acids is 1. The van der Waals surface area contributed by atoms with Crippen LogP contribution in [0.2, 0.25) is 0 Å². The summed E-state index contributed by atoms with van der Waals surface area (Å²) in [5.41, 5.74) is 3.55. The van der Waals surface area contributed by atoms with E-state index in [1.165, 1.54) is 11.1 Å². The molecular formula is C27H31F3N2O. The van der Waals surface area contributed by atoms with Crippen LogP contribution in [0.4, 0.5) is 13.2 Å². The number of nitrogens with zero attached hydrogens (tertiary/aromatic N) is 2. The monoisotopic (exact) mass is 456 g/mol. The molecule has 2 unspecified atom stereocenters. The Labute approximate surface area is 193 Å². The van der Waals surface area contributed by atoms with Gasteiger partial charge in [-0.05, 0) is 98.1 Å². The first kappa shape index (κ1) is 22.5. The minimum absolute atomic E-state index is 0.0920. The van der Waals surface area contributed by atoms with E-state index in [0.717, 1.165) is 81.5 Å². The van der Waals surface area contributed by atoms with E-state index < -0.39 is 11.7 Å². The van der Waals surface area contributed by atoms with Crippen molar-refractivity contribution in [2.45, 2.75) is 57.2 Å². The van der Waals surface area contributed by atoms with Crippen molar-refractivity contribution in [1.82, 2.24) is 9.80 Å². The largest absolute Gasteiger partial charge is 0.416 e. The first-order valence-corrected chi connectivity index (χ1v) is 12.2. The molecule has 3 aliphatic rings. The summed E-state index contributed by atoms with van der Waals surface area (Å²) in [7, 11) is 0. The van der Waals surface area contributed by atoms with Gasteiger partial charge in [-0.2, -0.15) is 13.2 Å². The van der Waals surface area contributed by atoms with E-state index in [1.54, 1.807) is 12.1 Å². The fraction of sp³-hybridized carbons (Fsp3) is 0.519. The van der Waals surface area contributed by atoms with Gasteiger partial charge in [0.2, 0.25) is 5.91 Å². The Kier molecular flexibility index (Phi) is 5.98. The van der Waals surface area contributed by atoms with E-state index >= 15 is 0 Å². The van der Waals surface area contributed by atoms with E-state index in [4.69, 9.17) is 0 Å². The molecule has 2 bridgehead atoms. The standard InChI is InChI=1S/C27H31F3N2O/c1-2-12-31-13-9-19(10-14-31)26(33)32-15-11-21-17-25(32)24-16-20(5-8-23(21)24)18-3-6-22(7-4-18)27(28,29)30/h3-8,16,19,21,25H,2,9-15,17H2,1H3. The molecule has 0 aromatic heterocycles. The molecule has 1 amide bonds. The van der Waals surface area contributed by atoms with E-state index in [9.17, 15) is 18.0 Å². The predicted octanol–water partition coefficient (Wildman–Crippen LogP) is 6.26. The van der Waals surface area contributed by atoms with Crippen LogP contribution in [0.5, 0.6) is 0 Å². The summed E-state index contributed by atoms with van der Waals surface area (Å²) < 4.78 is 38.8. The second-order valence-corrected chi connectivity index (χ2v) is 9.80. The Balaban J connectivity index is 1.36. The van der Waals surface area contributed by atoms with Crippen molar-refractivity contribution in [3.63, 3.8) is 0 Å². The van der Waals surface area contributed by atoms with Crippen molar-refractivity contribution in [2.75, 3.05) is 26.2 Å². The minimum Gasteiger partial charge on any atom is -0.335 e. The number of fused-ring (bicyclic) bond motifs is 5. The molecule has 2 aromatic carbocycles. The molecule has 33 heavy (non-hydrogen) atoms. The molecule has 2 saturated heterocycles. The summed E-state index contributed by atoms with van der Waals surface area (Å²) in [4.78, 5) is 18.1. The molecule has 0 spiro atoms. The van der Waals surface area contributed by atoms with Crippen LogP contribution in [0.3, 0.4) is 0 Å². The summed E-state index contributed by atoms with van der Waals surface area (Å²) in [5, 5.41) is 0. The number of likely N-dealkylation sites (tertiary alicyclic amines) is 2. The molecule has 2 aromatic rings. The number of carbonyl (C=O) groups is 1. The maximum absolute atomic E-state index is 13.5. The van der Waals surface area contributed by atoms with Crippen molar-refractivity contribution in [3.8, 4) is 11.1 Å². The zero-order valence-electron chi connectivity index (χ0n) is 19.1. The predicted molar refractivity (Wildman–Crippen MR) is 123 cm³/mol. The number of rotatable bonds is 4. The molecule has 0 N–H and O–H groups in total. The average Bonchev–Trinajstić information content (AvgIpc) is 3.10. The maximum Gasteiger partial charge on any atom is 0.416 e. The number of halogens is 3. The van der Waals surface area contributed by atoms with Gasteiger partial charge in [-0.15, -0.1) is 0 Å². The number of hydrogen-bond donors (Lipinski definition) is 0. The fourth-order valence-electron chi connectivity index (χ4n) is 6.03. The van der Waals surface area contributed by atoms with Crippen LogP contribution in [0.15, 0.2) is 42.5 Å². The highest BCUT2D eigenvalue weighted by Crippen LogP contribution is 2.50. The Hall–Kier alpha value is -2.34. The lowest BCUT2D eigenvalue weighted by molar-refractivity contribution is -0.141. The van der Waals surface area contributed by atoms with E-state index in [0.29, 0.717) is 11.8 Å². The minimum atomic E-state index is -4.33. The summed E-state index contributed by atoms with van der Waals surface area (Å²) in [6.07, 6.45) is 0.636. The normalized spacial score (nSPS) is 23.6. The topological polar surface area (TPSA) is 23.6 Å². The van der Waals surface area contributed by atoms with Crippen LogP contribution >= 0.6 is 0 Å². The molecule has 3 nitrogen and oxygen atoms in total. The van der Waals surface area contributed by atoms with Crippen molar-refractivity contribution >= 4 is 5.91 Å². The Morgan fingerprint density at radius 2 is 1.64 bits per heavy atom. The van der Waals surface area contributed by atoms with Crippen molar-refractivity contribution in [1.29, 1.82) is 0 Å². The molecular weight excluding hydrogens is 425 g/mol. The van der Waals surface area contributed by atoms with Gasteiger partial charge in [0.15, 0.2) is 0 Å². The smallest absolute Gasteiger partial charge is 0.335 e. The Morgan fingerprint density at radius 3 is 2.30 bits per heavy atom. The summed E-state index contributed by atoms with van der Waals surface area (Å²) >= 11 is 0. The lowest BCUT2D eigenvalue weighted by atomic mass is 9.91. The van der Waals surface area contributed by atoms with Crippen LogP contribution in [-0.2, 0) is 11.0 Å². The molecule has 176 valence electrons. The van der Waals surface area contributed by atoms with Crippen LogP contribution < -0.4 is 0 Å². The SMILES string of the molecule is CCCN1CCC(C(=O)N2CCC3CC2c2cc(-c4ccc(C(F)(F)F)cc4)ccc23)CC1. The zero-order valence-corrected chi connectivity index (χ0v) is 19.1. The summed E-state index contributed by atoms with van der Waals surface area (Å²) in [6, 6.07) is 11.7. The molecule has 0 radical (unpaired) electrons. The number of hydrogen-bond acceptors (Lipinski definition) is 2. The van der Waals surface area contributed by atoms with Gasteiger partial charge < -0.3 is 9.80 Å². The van der Waals surface area contributed by atoms with Crippen LogP contribution in [0.1, 0.15) is 67.7 Å². The zero-order chi connectivity index (χ0) is 23.2. The second-order valence-electron chi connectivity index (χ2n) is 9.80. The van der Waals surface area contributed by atoms with Crippen LogP contribution in [0.25, 0.3) is 11.1 Å². The van der Waals surface area contributed by atoms with Gasteiger partial charge >= 0.3 is 6.18 Å². The van der Waals surface area contributed by atoms with Gasteiger partial charge in [-0.1, -0.05) is 31.2 Å². The third kappa shape index (κ3) is 4.30. The molecule has 1 aliphatic carbocycles. The molecule has 0 saturated carbocycles. The van der Waals surface area contributed by atoms with Crippen molar-refractivity contribution < 1.29 is 18.0 Å². The molecule has 2 atom stereocenters. The quantitative estimate of drug-likeness (QED) is 0.543. The van der Waals surface area contributed by atoms with Gasteiger partial charge in [0.1, 0.15) is 0 Å². The van der Waals surface area contributed by atoms with Gasteiger partial charge in [0.05, 0.1) is 11.6 Å². The van der Waals surface area contributed by atoms with Crippen molar-refractivity contribution in [3.05, 3.63) is 59.2 Å². The van der Waals surface area contributed by atoms with Gasteiger partial charge in [-0.3, -0.25) is 4.79 Å². The van der Waals surface area contributed by atoms with Crippen molar-refractivity contribution in [2.24, 2.45) is 5.92 Å². The lowest BCUT2D eigenvalue weighted by Gasteiger charge is -2.39. The molecule has 2 heterocycles. The maximum atomic E-state index is 13.5. The fourth-order valence-corrected chi connectivity index (χ4v) is 6.03. The van der Waals surface area contributed by atoms with Gasteiger partial charge in [-0.25, -0.2) is 0 Å². The molecule has 6 heteroatoms. The Morgan fingerprint density at radius 1 is 0.939 bits per heavy atom. The van der Waals surface area contributed by atoms with E-state index in [1.807, 2.05) is 6.07 Å². The third-order valence-corrected chi connectivity index (χ3v) is 7.79. The average molecular weight is 457 g/mol. The van der Waals surface area contributed by atoms with Gasteiger partial charge in [0.25, 0.3) is 0 Å². The molecule has 2 fully saturated rings. The first-order valence-electron chi connectivity index (χ1n) is 12.2. The first-order chi connectivity index (χ1) is 15.8. The number of piperidine rings is 2. The van der Waals surface area contributed by atoms with Gasteiger partial charge in [0, 0.05) is 12.5 Å². The number of amides is 1. The summed E-state index contributed by atoms with van der Waals surface area (Å²) in [5.74, 6) is 0.876. The van der Waals surface area contributed by atoms with E-state index in [2.05, 4.69) is 28.9 Å². The highest BCUT2D eigenvalue weighted by Gasteiger charge is 2.42. The highest BCUT2D eigenvalue weighted by atomic mass is 19.4. The second kappa shape index (κ2) is 8.79. The molecule has 2 aliphatic heterocycles. The Bertz CT molecular complexity index is 1010. The van der Waals surface area contributed by atoms with Crippen LogP contribution in [0, 0.1) is 5.92 Å². The molecule has 5 rings (SSSR count). The summed E-state index contributed by atoms with van der Waals surface area (Å²) in [6.45, 7) is 6.10. The van der Waals surface area contributed by atoms with E-state index in [-0.39, 0.29) is 12.0 Å². The number of alkyl halides is 3. The number of benzene rings is 2. The third-order valence-electron chi connectivity index (χ3n) is 7.79. The highest BCUT2D eigenvalue weighted by molar-refractivity contribution is 5.80. The van der Waals surface area contributed by atoms with Crippen LogP contribution in [-0.4, -0.2) is 41.9 Å². The lowest BCUT2D eigenvalue weighted by Crippen LogP contribution is -2.45.